The fourth-order valence-electron chi connectivity index (χ4n) is 1.65. The predicted octanol–water partition coefficient (Wildman–Crippen LogP) is 0.928. The van der Waals surface area contributed by atoms with Crippen molar-refractivity contribution >= 4 is 11.9 Å². The van der Waals surface area contributed by atoms with Crippen LogP contribution in [0.15, 0.2) is 4.52 Å². The molecule has 1 atom stereocenters. The van der Waals surface area contributed by atoms with Gasteiger partial charge < -0.3 is 14.9 Å². The molecular formula is C12H19N3O4. The summed E-state index contributed by atoms with van der Waals surface area (Å²) in [4.78, 5) is 26.4. The van der Waals surface area contributed by atoms with Gasteiger partial charge in [0.15, 0.2) is 5.82 Å². The first kappa shape index (κ1) is 15.1. The second-order valence-electron chi connectivity index (χ2n) is 4.36. The van der Waals surface area contributed by atoms with E-state index in [4.69, 9.17) is 9.63 Å². The van der Waals surface area contributed by atoms with E-state index in [0.29, 0.717) is 24.6 Å². The molecule has 0 aromatic carbocycles. The first-order chi connectivity index (χ1) is 9.02. The van der Waals surface area contributed by atoms with Gasteiger partial charge in [0.25, 0.3) is 0 Å². The van der Waals surface area contributed by atoms with Crippen molar-refractivity contribution < 1.29 is 19.2 Å². The molecule has 1 heterocycles. The molecule has 1 aromatic rings. The van der Waals surface area contributed by atoms with Crippen LogP contribution < -0.4 is 5.32 Å². The SMILES string of the molecule is CCCC(CNC(=O)CCc1nc(C)no1)C(=O)O. The van der Waals surface area contributed by atoms with Gasteiger partial charge in [0.05, 0.1) is 5.92 Å². The summed E-state index contributed by atoms with van der Waals surface area (Å²) in [5.41, 5.74) is 0. The van der Waals surface area contributed by atoms with Crippen LogP contribution in [0.25, 0.3) is 0 Å². The summed E-state index contributed by atoms with van der Waals surface area (Å²) in [6.45, 7) is 3.77. The molecule has 1 amide bonds. The number of hydrogen-bond donors (Lipinski definition) is 2. The third kappa shape index (κ3) is 5.50. The summed E-state index contributed by atoms with van der Waals surface area (Å²) in [5.74, 6) is -0.673. The first-order valence-corrected chi connectivity index (χ1v) is 6.31. The van der Waals surface area contributed by atoms with Gasteiger partial charge in [-0.1, -0.05) is 18.5 Å². The van der Waals surface area contributed by atoms with Crippen molar-refractivity contribution in [3.05, 3.63) is 11.7 Å². The number of nitrogens with one attached hydrogen (secondary N) is 1. The monoisotopic (exact) mass is 269 g/mol. The van der Waals surface area contributed by atoms with E-state index in [1.165, 1.54) is 0 Å². The highest BCUT2D eigenvalue weighted by molar-refractivity contribution is 5.77. The fraction of sp³-hybridized carbons (Fsp3) is 0.667. The third-order valence-electron chi connectivity index (χ3n) is 2.67. The Morgan fingerprint density at radius 3 is 2.74 bits per heavy atom. The van der Waals surface area contributed by atoms with Crippen molar-refractivity contribution in [1.82, 2.24) is 15.5 Å². The molecule has 0 aliphatic rings. The topological polar surface area (TPSA) is 105 Å². The largest absolute Gasteiger partial charge is 0.481 e. The van der Waals surface area contributed by atoms with Gasteiger partial charge >= 0.3 is 5.97 Å². The first-order valence-electron chi connectivity index (χ1n) is 6.31. The summed E-state index contributed by atoms with van der Waals surface area (Å²) in [6, 6.07) is 0. The number of aromatic nitrogens is 2. The standard InChI is InChI=1S/C12H19N3O4/c1-3-4-9(12(17)18)7-13-10(16)5-6-11-14-8(2)15-19-11/h9H,3-7H2,1-2H3,(H,13,16)(H,17,18). The number of carboxylic acids is 1. The maximum absolute atomic E-state index is 11.6. The smallest absolute Gasteiger partial charge is 0.308 e. The molecule has 0 saturated heterocycles. The maximum Gasteiger partial charge on any atom is 0.308 e. The Bertz CT molecular complexity index is 430. The summed E-state index contributed by atoms with van der Waals surface area (Å²) in [7, 11) is 0. The quantitative estimate of drug-likeness (QED) is 0.727. The molecular weight excluding hydrogens is 250 g/mol. The lowest BCUT2D eigenvalue weighted by molar-refractivity contribution is -0.141. The minimum Gasteiger partial charge on any atom is -0.481 e. The number of hydrogen-bond acceptors (Lipinski definition) is 5. The van der Waals surface area contributed by atoms with E-state index in [2.05, 4.69) is 15.5 Å². The number of carboxylic acid groups (broad SMARTS) is 1. The van der Waals surface area contributed by atoms with Crippen molar-refractivity contribution in [2.45, 2.75) is 39.5 Å². The molecule has 0 aliphatic heterocycles. The van der Waals surface area contributed by atoms with Crippen LogP contribution in [0.3, 0.4) is 0 Å². The number of aliphatic carboxylic acids is 1. The summed E-state index contributed by atoms with van der Waals surface area (Å²) in [5, 5.41) is 15.2. The Labute approximate surface area is 111 Å². The maximum atomic E-state index is 11.6. The molecule has 0 spiro atoms. The van der Waals surface area contributed by atoms with Crippen molar-refractivity contribution in [2.24, 2.45) is 5.92 Å². The van der Waals surface area contributed by atoms with E-state index in [-0.39, 0.29) is 18.9 Å². The van der Waals surface area contributed by atoms with Crippen LogP contribution in [-0.4, -0.2) is 33.7 Å². The normalized spacial score (nSPS) is 12.1. The molecule has 0 fully saturated rings. The van der Waals surface area contributed by atoms with E-state index in [0.717, 1.165) is 6.42 Å². The van der Waals surface area contributed by atoms with Gasteiger partial charge in [-0.15, -0.1) is 0 Å². The molecule has 106 valence electrons. The lowest BCUT2D eigenvalue weighted by atomic mass is 10.0. The van der Waals surface area contributed by atoms with Crippen LogP contribution in [0, 0.1) is 12.8 Å². The number of rotatable bonds is 8. The lowest BCUT2D eigenvalue weighted by Gasteiger charge is -2.11. The Balaban J connectivity index is 2.28. The Kier molecular flexibility index (Phi) is 5.98. The zero-order chi connectivity index (χ0) is 14.3. The highest BCUT2D eigenvalue weighted by Crippen LogP contribution is 2.05. The molecule has 0 radical (unpaired) electrons. The van der Waals surface area contributed by atoms with Crippen LogP contribution in [0.5, 0.6) is 0 Å². The summed E-state index contributed by atoms with van der Waals surface area (Å²) < 4.78 is 4.88. The molecule has 1 unspecified atom stereocenters. The Morgan fingerprint density at radius 2 is 2.21 bits per heavy atom. The van der Waals surface area contributed by atoms with Crippen LogP contribution in [0.2, 0.25) is 0 Å². The van der Waals surface area contributed by atoms with E-state index in [9.17, 15) is 9.59 Å². The van der Waals surface area contributed by atoms with E-state index in [1.807, 2.05) is 6.92 Å². The van der Waals surface area contributed by atoms with Crippen molar-refractivity contribution in [2.75, 3.05) is 6.54 Å². The van der Waals surface area contributed by atoms with Gasteiger partial charge in [0.1, 0.15) is 0 Å². The molecule has 7 nitrogen and oxygen atoms in total. The number of carbonyl (C=O) groups excluding carboxylic acids is 1. The fourth-order valence-corrected chi connectivity index (χ4v) is 1.65. The van der Waals surface area contributed by atoms with Crippen molar-refractivity contribution in [1.29, 1.82) is 0 Å². The van der Waals surface area contributed by atoms with Crippen LogP contribution >= 0.6 is 0 Å². The zero-order valence-corrected chi connectivity index (χ0v) is 11.2. The van der Waals surface area contributed by atoms with Gasteiger partial charge in [-0.2, -0.15) is 4.98 Å². The molecule has 2 N–H and O–H groups in total. The third-order valence-corrected chi connectivity index (χ3v) is 2.67. The average molecular weight is 269 g/mol. The number of aryl methyl sites for hydroxylation is 2. The minimum absolute atomic E-state index is 0.158. The molecule has 19 heavy (non-hydrogen) atoms. The van der Waals surface area contributed by atoms with Gasteiger partial charge in [0, 0.05) is 19.4 Å². The van der Waals surface area contributed by atoms with Gasteiger partial charge in [-0.3, -0.25) is 9.59 Å². The van der Waals surface area contributed by atoms with Crippen LogP contribution in [0.4, 0.5) is 0 Å². The molecule has 0 saturated carbocycles. The van der Waals surface area contributed by atoms with Crippen LogP contribution in [-0.2, 0) is 16.0 Å². The highest BCUT2D eigenvalue weighted by Gasteiger charge is 2.17. The van der Waals surface area contributed by atoms with Crippen molar-refractivity contribution in [3.63, 3.8) is 0 Å². The van der Waals surface area contributed by atoms with Gasteiger partial charge in [-0.25, -0.2) is 0 Å². The van der Waals surface area contributed by atoms with E-state index >= 15 is 0 Å². The van der Waals surface area contributed by atoms with Gasteiger partial charge in [0.2, 0.25) is 11.8 Å². The zero-order valence-electron chi connectivity index (χ0n) is 11.2. The predicted molar refractivity (Wildman–Crippen MR) is 66.4 cm³/mol. The Hall–Kier alpha value is -1.92. The minimum atomic E-state index is -0.880. The number of amides is 1. The van der Waals surface area contributed by atoms with E-state index in [1.54, 1.807) is 6.92 Å². The van der Waals surface area contributed by atoms with Gasteiger partial charge in [-0.05, 0) is 13.3 Å². The second kappa shape index (κ2) is 7.50. The summed E-state index contributed by atoms with van der Waals surface area (Å²) >= 11 is 0. The van der Waals surface area contributed by atoms with Crippen molar-refractivity contribution in [3.8, 4) is 0 Å². The molecule has 0 bridgehead atoms. The van der Waals surface area contributed by atoms with Crippen LogP contribution in [0.1, 0.15) is 37.9 Å². The number of carbonyl (C=O) groups is 2. The number of nitrogens with zero attached hydrogens (tertiary/aromatic N) is 2. The molecule has 0 aliphatic carbocycles. The molecule has 1 aromatic heterocycles. The van der Waals surface area contributed by atoms with E-state index < -0.39 is 11.9 Å². The highest BCUT2D eigenvalue weighted by atomic mass is 16.5. The second-order valence-corrected chi connectivity index (χ2v) is 4.36. The molecule has 7 heteroatoms. The lowest BCUT2D eigenvalue weighted by Crippen LogP contribution is -2.33. The summed E-state index contributed by atoms with van der Waals surface area (Å²) in [6.07, 6.45) is 1.89. The average Bonchev–Trinajstić information content (AvgIpc) is 2.77. The Morgan fingerprint density at radius 1 is 1.47 bits per heavy atom. The molecule has 1 rings (SSSR count).